The highest BCUT2D eigenvalue weighted by Gasteiger charge is 2.25. The zero-order valence-electron chi connectivity index (χ0n) is 17.4. The minimum atomic E-state index is -0.915. The maximum atomic E-state index is 13.2. The van der Waals surface area contributed by atoms with Gasteiger partial charge in [-0.1, -0.05) is 38.8 Å². The van der Waals surface area contributed by atoms with E-state index in [1.54, 1.807) is 49.6 Å². The molecule has 0 spiro atoms. The van der Waals surface area contributed by atoms with E-state index in [2.05, 4.69) is 19.9 Å². The van der Waals surface area contributed by atoms with Gasteiger partial charge in [0.05, 0.1) is 32.0 Å². The topological polar surface area (TPSA) is 68.6 Å². The summed E-state index contributed by atoms with van der Waals surface area (Å²) in [6.45, 7) is 5.31. The lowest BCUT2D eigenvalue weighted by molar-refractivity contribution is 0.0974. The Balaban J connectivity index is 2.29. The number of methoxy groups -OCH3 is 1. The zero-order valence-corrected chi connectivity index (χ0v) is 17.4. The molecule has 2 aromatic carbocycles. The molecule has 2 aromatic rings. The second-order valence-electron chi connectivity index (χ2n) is 6.76. The molecule has 0 aliphatic rings. The Labute approximate surface area is 173 Å². The lowest BCUT2D eigenvalue weighted by atomic mass is 9.91. The summed E-state index contributed by atoms with van der Waals surface area (Å²) < 4.78 is 16.8. The van der Waals surface area contributed by atoms with Gasteiger partial charge in [-0.05, 0) is 42.7 Å². The summed E-state index contributed by atoms with van der Waals surface area (Å²) in [5.41, 5.74) is 1.02. The first-order chi connectivity index (χ1) is 14.1. The van der Waals surface area contributed by atoms with Crippen molar-refractivity contribution in [3.8, 4) is 23.3 Å². The van der Waals surface area contributed by atoms with Crippen LogP contribution in [0.5, 0.6) is 17.2 Å². The summed E-state index contributed by atoms with van der Waals surface area (Å²) in [7, 11) is 1.58. The van der Waals surface area contributed by atoms with Crippen LogP contribution in [0.3, 0.4) is 0 Å². The van der Waals surface area contributed by atoms with Crippen LogP contribution in [-0.4, -0.2) is 26.1 Å². The van der Waals surface area contributed by atoms with E-state index < -0.39 is 5.92 Å². The summed E-state index contributed by atoms with van der Waals surface area (Å²) in [4.78, 5) is 13.2. The lowest BCUT2D eigenvalue weighted by Gasteiger charge is -2.15. The maximum absolute atomic E-state index is 13.2. The fourth-order valence-corrected chi connectivity index (χ4v) is 2.81. The smallest absolute Gasteiger partial charge is 0.188 e. The average Bonchev–Trinajstić information content (AvgIpc) is 2.75. The van der Waals surface area contributed by atoms with Crippen molar-refractivity contribution in [1.29, 1.82) is 5.26 Å². The molecule has 0 heterocycles. The molecule has 2 rings (SSSR count). The monoisotopic (exact) mass is 395 g/mol. The number of nitrogens with zero attached hydrogens (tertiary/aromatic N) is 1. The SMILES string of the molecule is CCCCOc1ccc(C(=O)C(C#N)c2ccc(OC)cc2)c(OCCCC)c1. The number of ketones is 1. The molecular formula is C24H29NO4. The van der Waals surface area contributed by atoms with Gasteiger partial charge in [-0.2, -0.15) is 5.26 Å². The highest BCUT2D eigenvalue weighted by molar-refractivity contribution is 6.05. The van der Waals surface area contributed by atoms with Crippen LogP contribution in [0.15, 0.2) is 42.5 Å². The van der Waals surface area contributed by atoms with Crippen molar-refractivity contribution in [2.45, 2.75) is 45.4 Å². The standard InChI is InChI=1S/C24H29NO4/c1-4-6-14-28-20-12-13-21(23(16-20)29-15-7-5-2)24(26)22(17-25)18-8-10-19(27-3)11-9-18/h8-13,16,22H,4-7,14-15H2,1-3H3. The molecule has 0 aliphatic heterocycles. The van der Waals surface area contributed by atoms with Crippen molar-refractivity contribution in [2.24, 2.45) is 0 Å². The van der Waals surface area contributed by atoms with Gasteiger partial charge >= 0.3 is 0 Å². The molecule has 0 aromatic heterocycles. The maximum Gasteiger partial charge on any atom is 0.188 e. The zero-order chi connectivity index (χ0) is 21.1. The fourth-order valence-electron chi connectivity index (χ4n) is 2.81. The number of rotatable bonds is 12. The van der Waals surface area contributed by atoms with Crippen molar-refractivity contribution in [3.63, 3.8) is 0 Å². The third kappa shape index (κ3) is 6.25. The molecule has 0 bridgehead atoms. The van der Waals surface area contributed by atoms with E-state index in [1.165, 1.54) is 0 Å². The van der Waals surface area contributed by atoms with Gasteiger partial charge < -0.3 is 14.2 Å². The molecule has 0 saturated heterocycles. The van der Waals surface area contributed by atoms with Crippen LogP contribution in [0.4, 0.5) is 0 Å². The van der Waals surface area contributed by atoms with E-state index in [0.29, 0.717) is 41.6 Å². The van der Waals surface area contributed by atoms with Crippen molar-refractivity contribution in [2.75, 3.05) is 20.3 Å². The highest BCUT2D eigenvalue weighted by Crippen LogP contribution is 2.31. The van der Waals surface area contributed by atoms with Gasteiger partial charge in [-0.3, -0.25) is 4.79 Å². The number of benzene rings is 2. The number of nitriles is 1. The van der Waals surface area contributed by atoms with E-state index in [9.17, 15) is 10.1 Å². The molecule has 0 N–H and O–H groups in total. The number of hydrogen-bond acceptors (Lipinski definition) is 5. The van der Waals surface area contributed by atoms with E-state index in [1.807, 2.05) is 0 Å². The Bertz CT molecular complexity index is 824. The van der Waals surface area contributed by atoms with Crippen LogP contribution >= 0.6 is 0 Å². The van der Waals surface area contributed by atoms with Crippen molar-refractivity contribution in [3.05, 3.63) is 53.6 Å². The molecule has 154 valence electrons. The Kier molecular flexibility index (Phi) is 9.04. The molecule has 5 heteroatoms. The van der Waals surface area contributed by atoms with Crippen molar-refractivity contribution in [1.82, 2.24) is 0 Å². The summed E-state index contributed by atoms with van der Waals surface area (Å²) in [6.07, 6.45) is 3.88. The Morgan fingerprint density at radius 1 is 0.966 bits per heavy atom. The normalized spacial score (nSPS) is 11.4. The largest absolute Gasteiger partial charge is 0.497 e. The van der Waals surface area contributed by atoms with Gasteiger partial charge in [-0.25, -0.2) is 0 Å². The summed E-state index contributed by atoms with van der Waals surface area (Å²) in [5, 5.41) is 9.67. The number of ether oxygens (including phenoxy) is 3. The van der Waals surface area contributed by atoms with Crippen LogP contribution in [0.25, 0.3) is 0 Å². The van der Waals surface area contributed by atoms with Crippen molar-refractivity contribution >= 4 is 5.78 Å². The second-order valence-corrected chi connectivity index (χ2v) is 6.76. The minimum Gasteiger partial charge on any atom is -0.497 e. The van der Waals surface area contributed by atoms with E-state index in [4.69, 9.17) is 14.2 Å². The number of Topliss-reactive ketones (excluding diaryl/α,β-unsaturated/α-hetero) is 1. The first kappa shape index (κ1) is 22.3. The third-order valence-electron chi connectivity index (χ3n) is 4.58. The third-order valence-corrected chi connectivity index (χ3v) is 4.58. The van der Waals surface area contributed by atoms with E-state index in [0.717, 1.165) is 25.7 Å². The number of carbonyl (C=O) groups excluding carboxylic acids is 1. The molecule has 0 radical (unpaired) electrons. The fraction of sp³-hybridized carbons (Fsp3) is 0.417. The van der Waals surface area contributed by atoms with Crippen LogP contribution in [-0.2, 0) is 0 Å². The average molecular weight is 395 g/mol. The first-order valence-corrected chi connectivity index (χ1v) is 10.1. The van der Waals surface area contributed by atoms with E-state index >= 15 is 0 Å². The van der Waals surface area contributed by atoms with Gasteiger partial charge in [0.1, 0.15) is 23.2 Å². The second kappa shape index (κ2) is 11.8. The van der Waals surface area contributed by atoms with Gasteiger partial charge in [0, 0.05) is 6.07 Å². The molecule has 1 atom stereocenters. The Morgan fingerprint density at radius 2 is 1.59 bits per heavy atom. The minimum absolute atomic E-state index is 0.288. The molecule has 29 heavy (non-hydrogen) atoms. The molecule has 1 unspecified atom stereocenters. The molecule has 5 nitrogen and oxygen atoms in total. The van der Waals surface area contributed by atoms with Crippen LogP contribution in [0, 0.1) is 11.3 Å². The lowest BCUT2D eigenvalue weighted by Crippen LogP contribution is -2.13. The van der Waals surface area contributed by atoms with Crippen LogP contribution < -0.4 is 14.2 Å². The molecule has 0 saturated carbocycles. The summed E-state index contributed by atoms with van der Waals surface area (Å²) in [6, 6.07) is 14.3. The van der Waals surface area contributed by atoms with Gasteiger partial charge in [0.25, 0.3) is 0 Å². The molecule has 0 amide bonds. The van der Waals surface area contributed by atoms with Gasteiger partial charge in [-0.15, -0.1) is 0 Å². The first-order valence-electron chi connectivity index (χ1n) is 10.1. The number of carbonyl (C=O) groups is 1. The van der Waals surface area contributed by atoms with E-state index in [-0.39, 0.29) is 5.78 Å². The van der Waals surface area contributed by atoms with Gasteiger partial charge in [0.2, 0.25) is 0 Å². The quantitative estimate of drug-likeness (QED) is 0.348. The van der Waals surface area contributed by atoms with Crippen LogP contribution in [0.2, 0.25) is 0 Å². The van der Waals surface area contributed by atoms with Crippen LogP contribution in [0.1, 0.15) is 61.4 Å². The predicted octanol–water partition coefficient (Wildman–Crippen LogP) is 5.54. The highest BCUT2D eigenvalue weighted by atomic mass is 16.5. The number of unbranched alkanes of at least 4 members (excludes halogenated alkanes) is 2. The van der Waals surface area contributed by atoms with Crippen molar-refractivity contribution < 1.29 is 19.0 Å². The molecule has 0 fully saturated rings. The molecular weight excluding hydrogens is 366 g/mol. The Hall–Kier alpha value is -3.00. The van der Waals surface area contributed by atoms with Gasteiger partial charge in [0.15, 0.2) is 5.78 Å². The summed E-state index contributed by atoms with van der Waals surface area (Å²) in [5.74, 6) is 0.603. The molecule has 0 aliphatic carbocycles. The summed E-state index contributed by atoms with van der Waals surface area (Å²) >= 11 is 0. The Morgan fingerprint density at radius 3 is 2.17 bits per heavy atom. The number of hydrogen-bond donors (Lipinski definition) is 0. The predicted molar refractivity (Wildman–Crippen MR) is 113 cm³/mol.